The van der Waals surface area contributed by atoms with E-state index < -0.39 is 5.41 Å². The molecule has 5 rings (SSSR count). The maximum absolute atomic E-state index is 14.2. The molecule has 2 aliphatic carbocycles. The van der Waals surface area contributed by atoms with Crippen molar-refractivity contribution in [3.05, 3.63) is 94.8 Å². The van der Waals surface area contributed by atoms with Gasteiger partial charge in [-0.2, -0.15) is 5.26 Å². The molecule has 1 aromatic heterocycles. The molecule has 160 valence electrons. The molecule has 2 aromatic carbocycles. The van der Waals surface area contributed by atoms with Crippen LogP contribution in [0, 0.1) is 29.0 Å². The van der Waals surface area contributed by atoms with E-state index in [0.29, 0.717) is 6.42 Å². The number of ketones is 1. The normalized spacial score (nSPS) is 24.3. The monoisotopic (exact) mass is 425 g/mol. The minimum absolute atomic E-state index is 0.0764. The quantitative estimate of drug-likeness (QED) is 0.587. The summed E-state index contributed by atoms with van der Waals surface area (Å²) >= 11 is 0. The van der Waals surface area contributed by atoms with Crippen molar-refractivity contribution in [3.8, 4) is 11.8 Å². The van der Waals surface area contributed by atoms with Crippen molar-refractivity contribution < 1.29 is 9.18 Å². The van der Waals surface area contributed by atoms with Gasteiger partial charge in [-0.25, -0.2) is 9.37 Å². The number of rotatable bonds is 3. The Morgan fingerprint density at radius 1 is 1.22 bits per heavy atom. The molecule has 0 fully saturated rings. The van der Waals surface area contributed by atoms with Gasteiger partial charge in [-0.05, 0) is 42.5 Å². The summed E-state index contributed by atoms with van der Waals surface area (Å²) in [6.07, 6.45) is 4.00. The zero-order chi connectivity index (χ0) is 22.5. The molecule has 0 bridgehead atoms. The Morgan fingerprint density at radius 3 is 2.72 bits per heavy atom. The summed E-state index contributed by atoms with van der Waals surface area (Å²) in [6, 6.07) is 18.8. The molecule has 1 heterocycles. The van der Waals surface area contributed by atoms with Gasteiger partial charge in [-0.1, -0.05) is 56.3 Å². The molecule has 0 amide bonds. The highest BCUT2D eigenvalue weighted by Crippen LogP contribution is 2.50. The number of carbonyl (C=O) groups excluding carboxylic acids is 1. The Balaban J connectivity index is 1.74. The third kappa shape index (κ3) is 3.10. The van der Waals surface area contributed by atoms with Crippen LogP contribution in [0.1, 0.15) is 43.0 Å². The molecular weight excluding hydrogens is 401 g/mol. The van der Waals surface area contributed by atoms with Crippen molar-refractivity contribution in [1.29, 1.82) is 5.26 Å². The highest BCUT2D eigenvalue weighted by Gasteiger charge is 2.50. The Hall–Kier alpha value is -3.52. The molecule has 2 aliphatic rings. The van der Waals surface area contributed by atoms with Crippen molar-refractivity contribution in [3.63, 3.8) is 0 Å². The molecule has 0 aliphatic heterocycles. The minimum Gasteiger partial charge on any atom is -0.300 e. The Bertz CT molecular complexity index is 1280. The number of halogens is 1. The lowest BCUT2D eigenvalue weighted by Crippen LogP contribution is -2.45. The van der Waals surface area contributed by atoms with Crippen LogP contribution in [0.15, 0.2) is 66.2 Å². The number of carbonyl (C=O) groups is 1. The summed E-state index contributed by atoms with van der Waals surface area (Å²) in [4.78, 5) is 17.8. The lowest BCUT2D eigenvalue weighted by atomic mass is 9.58. The van der Waals surface area contributed by atoms with Gasteiger partial charge in [-0.3, -0.25) is 4.79 Å². The Labute approximate surface area is 187 Å². The summed E-state index contributed by atoms with van der Waals surface area (Å²) in [5.74, 6) is 0.321. The van der Waals surface area contributed by atoms with E-state index in [1.807, 2.05) is 37.3 Å². The van der Waals surface area contributed by atoms with Crippen LogP contribution in [0.5, 0.6) is 0 Å². The van der Waals surface area contributed by atoms with Crippen LogP contribution in [-0.2, 0) is 23.1 Å². The second-order valence-electron chi connectivity index (χ2n) is 9.05. The first-order valence-electron chi connectivity index (χ1n) is 11.0. The molecule has 3 atom stereocenters. The van der Waals surface area contributed by atoms with E-state index in [-0.39, 0.29) is 29.0 Å². The van der Waals surface area contributed by atoms with E-state index in [1.54, 1.807) is 6.07 Å². The van der Waals surface area contributed by atoms with Gasteiger partial charge < -0.3 is 4.57 Å². The van der Waals surface area contributed by atoms with Crippen molar-refractivity contribution in [1.82, 2.24) is 9.55 Å². The number of nitrogens with zero attached hydrogens (tertiary/aromatic N) is 3. The molecular formula is C27H24FN3O. The van der Waals surface area contributed by atoms with E-state index in [1.165, 1.54) is 12.1 Å². The SMILES string of the molecule is C[C@H]1C(=O)C(C#N)=CC2(C)c3nc(Cc4ccccc4)n(-c4cccc(F)c4)c3CC[C@H]12. The number of nitriles is 1. The topological polar surface area (TPSA) is 58.7 Å². The number of allylic oxidation sites excluding steroid dienone is 2. The number of fused-ring (bicyclic) bond motifs is 3. The van der Waals surface area contributed by atoms with E-state index in [0.717, 1.165) is 41.3 Å². The van der Waals surface area contributed by atoms with Crippen molar-refractivity contribution in [2.24, 2.45) is 11.8 Å². The average Bonchev–Trinajstić information content (AvgIpc) is 3.16. The fourth-order valence-electron chi connectivity index (χ4n) is 5.58. The van der Waals surface area contributed by atoms with Crippen molar-refractivity contribution in [2.75, 3.05) is 0 Å². The van der Waals surface area contributed by atoms with Gasteiger partial charge in [0.15, 0.2) is 5.78 Å². The van der Waals surface area contributed by atoms with Crippen LogP contribution in [-0.4, -0.2) is 15.3 Å². The van der Waals surface area contributed by atoms with Gasteiger partial charge in [-0.15, -0.1) is 0 Å². The Morgan fingerprint density at radius 2 is 2.00 bits per heavy atom. The predicted octanol–water partition coefficient (Wildman–Crippen LogP) is 5.09. The maximum atomic E-state index is 14.2. The van der Waals surface area contributed by atoms with Gasteiger partial charge >= 0.3 is 0 Å². The van der Waals surface area contributed by atoms with E-state index in [4.69, 9.17) is 4.98 Å². The first kappa shape index (κ1) is 20.4. The van der Waals surface area contributed by atoms with E-state index in [9.17, 15) is 14.4 Å². The first-order chi connectivity index (χ1) is 15.4. The smallest absolute Gasteiger partial charge is 0.176 e. The number of hydrogen-bond donors (Lipinski definition) is 0. The first-order valence-corrected chi connectivity index (χ1v) is 11.0. The molecule has 0 radical (unpaired) electrons. The highest BCUT2D eigenvalue weighted by molar-refractivity contribution is 6.02. The van der Waals surface area contributed by atoms with Gasteiger partial charge in [0, 0.05) is 29.1 Å². The van der Waals surface area contributed by atoms with Crippen LogP contribution in [0.4, 0.5) is 4.39 Å². The molecule has 4 nitrogen and oxygen atoms in total. The number of hydrogen-bond acceptors (Lipinski definition) is 3. The molecule has 32 heavy (non-hydrogen) atoms. The zero-order valence-electron chi connectivity index (χ0n) is 18.2. The van der Waals surface area contributed by atoms with Crippen LogP contribution < -0.4 is 0 Å². The molecule has 1 unspecified atom stereocenters. The summed E-state index contributed by atoms with van der Waals surface area (Å²) in [7, 11) is 0. The second-order valence-corrected chi connectivity index (χ2v) is 9.05. The maximum Gasteiger partial charge on any atom is 0.176 e. The molecule has 0 spiro atoms. The van der Waals surface area contributed by atoms with Crippen LogP contribution >= 0.6 is 0 Å². The number of Topliss-reactive ketones (excluding diaryl/α,β-unsaturated/α-hetero) is 1. The van der Waals surface area contributed by atoms with Crippen molar-refractivity contribution in [2.45, 2.75) is 38.5 Å². The summed E-state index contributed by atoms with van der Waals surface area (Å²) in [6.45, 7) is 4.01. The number of aromatic nitrogens is 2. The van der Waals surface area contributed by atoms with E-state index in [2.05, 4.69) is 29.7 Å². The largest absolute Gasteiger partial charge is 0.300 e. The summed E-state index contributed by atoms with van der Waals surface area (Å²) in [5, 5.41) is 9.59. The van der Waals surface area contributed by atoms with Crippen molar-refractivity contribution >= 4 is 5.78 Å². The van der Waals surface area contributed by atoms with Gasteiger partial charge in [0.05, 0.1) is 11.3 Å². The third-order valence-corrected chi connectivity index (χ3v) is 7.13. The number of imidazole rings is 1. The van der Waals surface area contributed by atoms with Crippen LogP contribution in [0.2, 0.25) is 0 Å². The average molecular weight is 426 g/mol. The van der Waals surface area contributed by atoms with Crippen LogP contribution in [0.25, 0.3) is 5.69 Å². The lowest BCUT2D eigenvalue weighted by molar-refractivity contribution is -0.121. The van der Waals surface area contributed by atoms with Crippen LogP contribution in [0.3, 0.4) is 0 Å². The predicted molar refractivity (Wildman–Crippen MR) is 120 cm³/mol. The lowest BCUT2D eigenvalue weighted by Gasteiger charge is -2.44. The van der Waals surface area contributed by atoms with Gasteiger partial charge in [0.25, 0.3) is 0 Å². The fourth-order valence-corrected chi connectivity index (χ4v) is 5.58. The second kappa shape index (κ2) is 7.56. The zero-order valence-corrected chi connectivity index (χ0v) is 18.2. The number of benzene rings is 2. The molecule has 5 heteroatoms. The van der Waals surface area contributed by atoms with E-state index >= 15 is 0 Å². The molecule has 0 saturated heterocycles. The molecule has 0 N–H and O–H groups in total. The Kier molecular flexibility index (Phi) is 4.82. The molecule has 0 saturated carbocycles. The fraction of sp³-hybridized carbons (Fsp3) is 0.296. The third-order valence-electron chi connectivity index (χ3n) is 7.13. The van der Waals surface area contributed by atoms with Gasteiger partial charge in [0.2, 0.25) is 0 Å². The van der Waals surface area contributed by atoms with Gasteiger partial charge in [0.1, 0.15) is 17.7 Å². The minimum atomic E-state index is -0.518. The molecule has 3 aromatic rings. The highest BCUT2D eigenvalue weighted by atomic mass is 19.1. The summed E-state index contributed by atoms with van der Waals surface area (Å²) < 4.78 is 16.2. The standard InChI is InChI=1S/C27H24FN3O/c1-17-22-11-12-23-26(27(22,2)15-19(16-29)25(17)32)30-24(13-18-7-4-3-5-8-18)31(23)21-10-6-9-20(28)14-21/h3-10,14-15,17,22H,11-13H2,1-2H3/t17-,22-,27?/m1/s1. The summed E-state index contributed by atoms with van der Waals surface area (Å²) in [5.41, 5.74) is 3.50.